The van der Waals surface area contributed by atoms with Gasteiger partial charge < -0.3 is 9.32 Å². The van der Waals surface area contributed by atoms with E-state index in [4.69, 9.17) is 4.42 Å². The highest BCUT2D eigenvalue weighted by molar-refractivity contribution is 5.94. The first-order valence-corrected chi connectivity index (χ1v) is 6.21. The van der Waals surface area contributed by atoms with Crippen LogP contribution in [0.1, 0.15) is 28.3 Å². The SMILES string of the molecule is O=C(c1ccoc1)N1CCC(c2ccccc2)C1. The van der Waals surface area contributed by atoms with Crippen molar-refractivity contribution in [3.05, 3.63) is 60.1 Å². The van der Waals surface area contributed by atoms with E-state index >= 15 is 0 Å². The van der Waals surface area contributed by atoms with Gasteiger partial charge >= 0.3 is 0 Å². The predicted molar refractivity (Wildman–Crippen MR) is 68.4 cm³/mol. The molecule has 18 heavy (non-hydrogen) atoms. The fourth-order valence-electron chi connectivity index (χ4n) is 2.51. The second kappa shape index (κ2) is 4.69. The van der Waals surface area contributed by atoms with Gasteiger partial charge in [-0.2, -0.15) is 0 Å². The third kappa shape index (κ3) is 2.04. The molecule has 1 aromatic heterocycles. The molecular weight excluding hydrogens is 226 g/mol. The number of hydrogen-bond donors (Lipinski definition) is 0. The molecule has 3 rings (SSSR count). The van der Waals surface area contributed by atoms with Gasteiger partial charge in [-0.05, 0) is 18.1 Å². The number of carbonyl (C=O) groups excluding carboxylic acids is 1. The van der Waals surface area contributed by atoms with Gasteiger partial charge in [0.2, 0.25) is 0 Å². The van der Waals surface area contributed by atoms with E-state index in [1.165, 1.54) is 18.1 Å². The van der Waals surface area contributed by atoms with Gasteiger partial charge in [-0.15, -0.1) is 0 Å². The average Bonchev–Trinajstić information content (AvgIpc) is 3.10. The third-order valence-corrected chi connectivity index (χ3v) is 3.51. The molecular formula is C15H15NO2. The first-order chi connectivity index (χ1) is 8.84. The first kappa shape index (κ1) is 11.1. The van der Waals surface area contributed by atoms with Crippen molar-refractivity contribution in [3.63, 3.8) is 0 Å². The number of nitrogens with zero attached hydrogens (tertiary/aromatic N) is 1. The maximum atomic E-state index is 12.2. The number of hydrogen-bond acceptors (Lipinski definition) is 2. The summed E-state index contributed by atoms with van der Waals surface area (Å²) in [5, 5.41) is 0. The molecule has 1 atom stereocenters. The Labute approximate surface area is 106 Å². The predicted octanol–water partition coefficient (Wildman–Crippen LogP) is 2.91. The van der Waals surface area contributed by atoms with Crippen LogP contribution in [0.25, 0.3) is 0 Å². The Morgan fingerprint density at radius 1 is 1.22 bits per heavy atom. The van der Waals surface area contributed by atoms with Crippen LogP contribution in [0.15, 0.2) is 53.3 Å². The summed E-state index contributed by atoms with van der Waals surface area (Å²) >= 11 is 0. The van der Waals surface area contributed by atoms with E-state index in [0.29, 0.717) is 11.5 Å². The molecule has 0 aliphatic carbocycles. The standard InChI is InChI=1S/C15H15NO2/c17-15(14-7-9-18-11-14)16-8-6-13(10-16)12-4-2-1-3-5-12/h1-5,7,9,11,13H,6,8,10H2. The van der Waals surface area contributed by atoms with Crippen LogP contribution in [0.5, 0.6) is 0 Å². The minimum atomic E-state index is 0.0715. The molecule has 1 aliphatic heterocycles. The van der Waals surface area contributed by atoms with Crippen LogP contribution in [0.2, 0.25) is 0 Å². The molecule has 3 heteroatoms. The molecule has 1 amide bonds. The Balaban J connectivity index is 1.71. The van der Waals surface area contributed by atoms with Crippen LogP contribution >= 0.6 is 0 Å². The topological polar surface area (TPSA) is 33.5 Å². The highest BCUT2D eigenvalue weighted by atomic mass is 16.3. The molecule has 0 radical (unpaired) electrons. The molecule has 1 fully saturated rings. The monoisotopic (exact) mass is 241 g/mol. The summed E-state index contributed by atoms with van der Waals surface area (Å²) in [6.07, 6.45) is 4.09. The summed E-state index contributed by atoms with van der Waals surface area (Å²) in [6.45, 7) is 1.62. The maximum Gasteiger partial charge on any atom is 0.257 e. The van der Waals surface area contributed by atoms with Gasteiger partial charge in [-0.1, -0.05) is 30.3 Å². The largest absolute Gasteiger partial charge is 0.472 e. The number of amides is 1. The molecule has 1 unspecified atom stereocenters. The van der Waals surface area contributed by atoms with Crippen molar-refractivity contribution in [2.45, 2.75) is 12.3 Å². The van der Waals surface area contributed by atoms with Crippen molar-refractivity contribution in [1.82, 2.24) is 4.90 Å². The highest BCUT2D eigenvalue weighted by Gasteiger charge is 2.28. The van der Waals surface area contributed by atoms with Gasteiger partial charge in [0.05, 0.1) is 11.8 Å². The van der Waals surface area contributed by atoms with Gasteiger partial charge in [0.15, 0.2) is 0 Å². The zero-order chi connectivity index (χ0) is 12.4. The molecule has 1 saturated heterocycles. The van der Waals surface area contributed by atoms with Crippen molar-refractivity contribution < 1.29 is 9.21 Å². The Morgan fingerprint density at radius 3 is 2.78 bits per heavy atom. The van der Waals surface area contributed by atoms with E-state index in [2.05, 4.69) is 24.3 Å². The molecule has 92 valence electrons. The molecule has 1 aromatic carbocycles. The van der Waals surface area contributed by atoms with Crippen LogP contribution in [-0.2, 0) is 0 Å². The molecule has 0 bridgehead atoms. The third-order valence-electron chi connectivity index (χ3n) is 3.51. The number of carbonyl (C=O) groups is 1. The second-order valence-electron chi connectivity index (χ2n) is 4.66. The molecule has 0 spiro atoms. The van der Waals surface area contributed by atoms with Crippen LogP contribution in [0.4, 0.5) is 0 Å². The van der Waals surface area contributed by atoms with Crippen molar-refractivity contribution in [2.24, 2.45) is 0 Å². The first-order valence-electron chi connectivity index (χ1n) is 6.21. The van der Waals surface area contributed by atoms with E-state index in [9.17, 15) is 4.79 Å². The van der Waals surface area contributed by atoms with Crippen LogP contribution < -0.4 is 0 Å². The van der Waals surface area contributed by atoms with Crippen molar-refractivity contribution in [2.75, 3.05) is 13.1 Å². The highest BCUT2D eigenvalue weighted by Crippen LogP contribution is 2.27. The number of benzene rings is 1. The summed E-state index contributed by atoms with van der Waals surface area (Å²) in [7, 11) is 0. The molecule has 2 heterocycles. The fourth-order valence-corrected chi connectivity index (χ4v) is 2.51. The average molecular weight is 241 g/mol. The van der Waals surface area contributed by atoms with Gasteiger partial charge in [0.25, 0.3) is 5.91 Å². The summed E-state index contributed by atoms with van der Waals surface area (Å²) < 4.78 is 4.96. The van der Waals surface area contributed by atoms with Crippen LogP contribution in [0.3, 0.4) is 0 Å². The number of rotatable bonds is 2. The maximum absolute atomic E-state index is 12.2. The normalized spacial score (nSPS) is 19.1. The van der Waals surface area contributed by atoms with Crippen molar-refractivity contribution >= 4 is 5.91 Å². The summed E-state index contributed by atoms with van der Waals surface area (Å²) in [4.78, 5) is 14.1. The zero-order valence-corrected chi connectivity index (χ0v) is 10.1. The lowest BCUT2D eigenvalue weighted by Crippen LogP contribution is -2.28. The quantitative estimate of drug-likeness (QED) is 0.810. The van der Waals surface area contributed by atoms with E-state index in [0.717, 1.165) is 19.5 Å². The zero-order valence-electron chi connectivity index (χ0n) is 10.1. The van der Waals surface area contributed by atoms with Gasteiger partial charge in [0, 0.05) is 19.0 Å². The van der Waals surface area contributed by atoms with Gasteiger partial charge in [0.1, 0.15) is 6.26 Å². The molecule has 0 N–H and O–H groups in total. The van der Waals surface area contributed by atoms with Gasteiger partial charge in [-0.25, -0.2) is 0 Å². The fraction of sp³-hybridized carbons (Fsp3) is 0.267. The summed E-state index contributed by atoms with van der Waals surface area (Å²) in [5.41, 5.74) is 1.96. The van der Waals surface area contributed by atoms with E-state index in [1.807, 2.05) is 11.0 Å². The lowest BCUT2D eigenvalue weighted by Gasteiger charge is -2.15. The van der Waals surface area contributed by atoms with Crippen molar-refractivity contribution in [3.8, 4) is 0 Å². The lowest BCUT2D eigenvalue weighted by molar-refractivity contribution is 0.0790. The second-order valence-corrected chi connectivity index (χ2v) is 4.66. The molecule has 0 saturated carbocycles. The van der Waals surface area contributed by atoms with E-state index < -0.39 is 0 Å². The van der Waals surface area contributed by atoms with Crippen LogP contribution in [0, 0.1) is 0 Å². The Hall–Kier alpha value is -2.03. The van der Waals surface area contributed by atoms with Crippen molar-refractivity contribution in [1.29, 1.82) is 0 Å². The Bertz CT molecular complexity index is 519. The lowest BCUT2D eigenvalue weighted by atomic mass is 9.99. The minimum Gasteiger partial charge on any atom is -0.472 e. The number of likely N-dealkylation sites (tertiary alicyclic amines) is 1. The van der Waals surface area contributed by atoms with Crippen LogP contribution in [-0.4, -0.2) is 23.9 Å². The minimum absolute atomic E-state index is 0.0715. The molecule has 1 aliphatic rings. The number of furan rings is 1. The van der Waals surface area contributed by atoms with E-state index in [-0.39, 0.29) is 5.91 Å². The summed E-state index contributed by atoms with van der Waals surface area (Å²) in [5.74, 6) is 0.532. The summed E-state index contributed by atoms with van der Waals surface area (Å²) in [6, 6.07) is 12.1. The van der Waals surface area contributed by atoms with Gasteiger partial charge in [-0.3, -0.25) is 4.79 Å². The Kier molecular flexibility index (Phi) is 2.89. The Morgan fingerprint density at radius 2 is 2.06 bits per heavy atom. The van der Waals surface area contributed by atoms with E-state index in [1.54, 1.807) is 6.07 Å². The smallest absolute Gasteiger partial charge is 0.257 e. The molecule has 2 aromatic rings. The molecule has 3 nitrogen and oxygen atoms in total.